The maximum Gasteiger partial charge on any atom is 0.255 e. The molecule has 7 heteroatoms. The zero-order valence-corrected chi connectivity index (χ0v) is 15.9. The van der Waals surface area contributed by atoms with Gasteiger partial charge in [-0.05, 0) is 50.3 Å². The van der Waals surface area contributed by atoms with Crippen LogP contribution >= 0.6 is 0 Å². The Morgan fingerprint density at radius 2 is 2.11 bits per heavy atom. The van der Waals surface area contributed by atoms with Gasteiger partial charge in [0.1, 0.15) is 6.10 Å². The fourth-order valence-electron chi connectivity index (χ4n) is 3.68. The zero-order chi connectivity index (χ0) is 19.0. The van der Waals surface area contributed by atoms with Crippen LogP contribution in [-0.2, 0) is 22.5 Å². The fourth-order valence-corrected chi connectivity index (χ4v) is 3.68. The molecular weight excluding hydrogens is 344 g/mol. The molecule has 0 spiro atoms. The number of carbonyl (C=O) groups excluding carboxylic acids is 1. The number of amides is 1. The Labute approximate surface area is 157 Å². The first-order valence-electron chi connectivity index (χ1n) is 9.31. The highest BCUT2D eigenvalue weighted by Crippen LogP contribution is 2.29. The van der Waals surface area contributed by atoms with Crippen LogP contribution in [0.4, 0.5) is 0 Å². The molecule has 1 amide bonds. The van der Waals surface area contributed by atoms with Gasteiger partial charge in [0, 0.05) is 23.2 Å². The lowest BCUT2D eigenvalue weighted by molar-refractivity contribution is -0.120. The van der Waals surface area contributed by atoms with Crippen LogP contribution in [-0.4, -0.2) is 27.6 Å². The summed E-state index contributed by atoms with van der Waals surface area (Å²) in [5, 5.41) is 7.97. The number of rotatable bonds is 5. The summed E-state index contributed by atoms with van der Waals surface area (Å²) >= 11 is 0. The summed E-state index contributed by atoms with van der Waals surface area (Å²) in [5.74, 6) is 0.898. The molecular formula is C20H24N4O3. The topological polar surface area (TPSA) is 93.0 Å². The van der Waals surface area contributed by atoms with Crippen molar-refractivity contribution in [2.75, 3.05) is 6.61 Å². The van der Waals surface area contributed by atoms with E-state index in [1.165, 1.54) is 11.1 Å². The molecule has 2 aromatic heterocycles. The van der Waals surface area contributed by atoms with Crippen molar-refractivity contribution in [1.82, 2.24) is 20.4 Å². The molecule has 3 aromatic rings. The number of nitrogens with one attached hydrogen (secondary N) is 2. The number of aromatic amines is 1. The second kappa shape index (κ2) is 7.15. The average Bonchev–Trinajstić information content (AvgIpc) is 3.37. The maximum atomic E-state index is 12.5. The van der Waals surface area contributed by atoms with Crippen LogP contribution in [0.1, 0.15) is 53.0 Å². The molecule has 0 unspecified atom stereocenters. The zero-order valence-electron chi connectivity index (χ0n) is 15.9. The number of carbonyl (C=O) groups is 1. The number of hydrogen-bond acceptors (Lipinski definition) is 5. The monoisotopic (exact) mass is 368 g/mol. The van der Waals surface area contributed by atoms with Gasteiger partial charge in [0.25, 0.3) is 5.89 Å². The smallest absolute Gasteiger partial charge is 0.255 e. The van der Waals surface area contributed by atoms with E-state index in [-0.39, 0.29) is 18.6 Å². The Bertz CT molecular complexity index is 983. The Hall–Kier alpha value is -2.67. The van der Waals surface area contributed by atoms with Crippen LogP contribution in [0.3, 0.4) is 0 Å². The fraction of sp³-hybridized carbons (Fsp3) is 0.450. The van der Waals surface area contributed by atoms with Gasteiger partial charge >= 0.3 is 0 Å². The number of nitrogens with zero attached hydrogens (tertiary/aromatic N) is 2. The Morgan fingerprint density at radius 3 is 2.89 bits per heavy atom. The third-order valence-electron chi connectivity index (χ3n) is 5.16. The van der Waals surface area contributed by atoms with Crippen molar-refractivity contribution in [2.45, 2.75) is 52.7 Å². The van der Waals surface area contributed by atoms with Crippen molar-refractivity contribution in [2.24, 2.45) is 0 Å². The standard InChI is InChI=1S/C20H24N4O3/c1-11-6-7-12(2)19-18(11)14(13(3)22-19)9-17(25)21-10-16-23-20(27-24-16)15-5-4-8-26-15/h6-7,15,22H,4-5,8-10H2,1-3H3,(H,21,25)/t15-/m1/s1. The van der Waals surface area contributed by atoms with E-state index in [1.807, 2.05) is 6.92 Å². The first kappa shape index (κ1) is 17.7. The molecule has 1 saturated heterocycles. The summed E-state index contributed by atoms with van der Waals surface area (Å²) in [6, 6.07) is 4.19. The minimum Gasteiger partial charge on any atom is -0.368 e. The molecule has 2 N–H and O–H groups in total. The van der Waals surface area contributed by atoms with E-state index in [2.05, 4.69) is 46.4 Å². The molecule has 0 saturated carbocycles. The number of aryl methyl sites for hydroxylation is 3. The van der Waals surface area contributed by atoms with E-state index < -0.39 is 0 Å². The molecule has 1 aromatic carbocycles. The van der Waals surface area contributed by atoms with Gasteiger partial charge in [-0.15, -0.1) is 0 Å². The lowest BCUT2D eigenvalue weighted by Crippen LogP contribution is -2.25. The van der Waals surface area contributed by atoms with Crippen molar-refractivity contribution >= 4 is 16.8 Å². The highest BCUT2D eigenvalue weighted by atomic mass is 16.5. The second-order valence-electron chi connectivity index (χ2n) is 7.18. The first-order chi connectivity index (χ1) is 13.0. The van der Waals surface area contributed by atoms with Gasteiger partial charge in [-0.3, -0.25) is 4.79 Å². The molecule has 1 aliphatic heterocycles. The molecule has 0 radical (unpaired) electrons. The van der Waals surface area contributed by atoms with Gasteiger partial charge in [0.2, 0.25) is 5.91 Å². The van der Waals surface area contributed by atoms with Crippen molar-refractivity contribution in [1.29, 1.82) is 0 Å². The summed E-state index contributed by atoms with van der Waals surface area (Å²) in [6.07, 6.45) is 2.10. The van der Waals surface area contributed by atoms with E-state index in [0.29, 0.717) is 18.1 Å². The minimum atomic E-state index is -0.109. The lowest BCUT2D eigenvalue weighted by atomic mass is 10.0. The van der Waals surface area contributed by atoms with Crippen LogP contribution in [0.2, 0.25) is 0 Å². The molecule has 142 valence electrons. The normalized spacial score (nSPS) is 16.9. The van der Waals surface area contributed by atoms with Crippen molar-refractivity contribution in [3.63, 3.8) is 0 Å². The molecule has 4 rings (SSSR count). The highest BCUT2D eigenvalue weighted by Gasteiger charge is 2.24. The van der Waals surface area contributed by atoms with Gasteiger partial charge < -0.3 is 19.6 Å². The molecule has 0 aliphatic carbocycles. The van der Waals surface area contributed by atoms with E-state index in [9.17, 15) is 4.79 Å². The molecule has 27 heavy (non-hydrogen) atoms. The number of benzene rings is 1. The third-order valence-corrected chi connectivity index (χ3v) is 5.16. The Kier molecular flexibility index (Phi) is 4.70. The maximum absolute atomic E-state index is 12.5. The van der Waals surface area contributed by atoms with E-state index in [0.717, 1.165) is 41.6 Å². The Morgan fingerprint density at radius 1 is 1.30 bits per heavy atom. The molecule has 0 bridgehead atoms. The van der Waals surface area contributed by atoms with Crippen molar-refractivity contribution in [3.05, 3.63) is 46.2 Å². The SMILES string of the molecule is Cc1[nH]c2c(C)ccc(C)c2c1CC(=O)NCc1noc([C@H]2CCCO2)n1. The highest BCUT2D eigenvalue weighted by molar-refractivity contribution is 5.93. The average molecular weight is 368 g/mol. The van der Waals surface area contributed by atoms with E-state index in [4.69, 9.17) is 9.26 Å². The second-order valence-corrected chi connectivity index (χ2v) is 7.18. The molecule has 1 fully saturated rings. The molecule has 1 aliphatic rings. The van der Waals surface area contributed by atoms with Gasteiger partial charge in [-0.2, -0.15) is 4.98 Å². The van der Waals surface area contributed by atoms with Crippen LogP contribution in [0.25, 0.3) is 10.9 Å². The van der Waals surface area contributed by atoms with Crippen molar-refractivity contribution in [3.8, 4) is 0 Å². The summed E-state index contributed by atoms with van der Waals surface area (Å²) in [6.45, 7) is 7.12. The van der Waals surface area contributed by atoms with Crippen LogP contribution in [0.5, 0.6) is 0 Å². The number of fused-ring (bicyclic) bond motifs is 1. The first-order valence-corrected chi connectivity index (χ1v) is 9.31. The van der Waals surface area contributed by atoms with Crippen molar-refractivity contribution < 1.29 is 14.1 Å². The summed E-state index contributed by atoms with van der Waals surface area (Å²) in [4.78, 5) is 20.3. The summed E-state index contributed by atoms with van der Waals surface area (Å²) in [5.41, 5.74) is 5.52. The predicted molar refractivity (Wildman–Crippen MR) is 100 cm³/mol. The molecule has 1 atom stereocenters. The van der Waals surface area contributed by atoms with Gasteiger partial charge in [0.15, 0.2) is 5.82 Å². The number of aromatic nitrogens is 3. The van der Waals surface area contributed by atoms with E-state index >= 15 is 0 Å². The number of ether oxygens (including phenoxy) is 1. The van der Waals surface area contributed by atoms with Crippen LogP contribution in [0.15, 0.2) is 16.7 Å². The lowest BCUT2D eigenvalue weighted by Gasteiger charge is -2.06. The number of hydrogen-bond donors (Lipinski definition) is 2. The van der Waals surface area contributed by atoms with Gasteiger partial charge in [0.05, 0.1) is 13.0 Å². The largest absolute Gasteiger partial charge is 0.368 e. The van der Waals surface area contributed by atoms with Crippen LogP contribution in [0, 0.1) is 20.8 Å². The summed E-state index contributed by atoms with van der Waals surface area (Å²) in [7, 11) is 0. The minimum absolute atomic E-state index is 0.0663. The van der Waals surface area contributed by atoms with Crippen LogP contribution < -0.4 is 5.32 Å². The number of H-pyrrole nitrogens is 1. The summed E-state index contributed by atoms with van der Waals surface area (Å²) < 4.78 is 10.8. The van der Waals surface area contributed by atoms with Gasteiger partial charge in [-0.1, -0.05) is 17.3 Å². The predicted octanol–water partition coefficient (Wildman–Crippen LogP) is 3.19. The molecule has 7 nitrogen and oxygen atoms in total. The third kappa shape index (κ3) is 3.47. The van der Waals surface area contributed by atoms with Gasteiger partial charge in [-0.25, -0.2) is 0 Å². The Balaban J connectivity index is 1.43. The molecule has 3 heterocycles. The quantitative estimate of drug-likeness (QED) is 0.721. The van der Waals surface area contributed by atoms with E-state index in [1.54, 1.807) is 0 Å².